The average molecular weight is 474 g/mol. The number of ketones is 1. The molecule has 1 aliphatic heterocycles. The lowest BCUT2D eigenvalue weighted by molar-refractivity contribution is 0.0980. The highest BCUT2D eigenvalue weighted by Crippen LogP contribution is 2.33. The lowest BCUT2D eigenvalue weighted by Gasteiger charge is -2.26. The van der Waals surface area contributed by atoms with Gasteiger partial charge in [0.1, 0.15) is 11.4 Å². The molecule has 2 heterocycles. The number of methoxy groups -OCH3 is 1. The standard InChI is InChI=1S/C24H31N3O5S/c1-16-22-18(9-5-6-10-20(22)28)23(26(16)2)24(29)25-19-15-17(11-12-21(19)32-3)33(30,31)27-13-7-4-8-14-27/h11-12,15H,4-10,13-14H2,1-3H3,(H,25,29). The summed E-state index contributed by atoms with van der Waals surface area (Å²) in [6, 6.07) is 4.53. The van der Waals surface area contributed by atoms with Gasteiger partial charge in [-0.05, 0) is 62.8 Å². The highest BCUT2D eigenvalue weighted by Gasteiger charge is 2.30. The van der Waals surface area contributed by atoms with Gasteiger partial charge in [-0.2, -0.15) is 4.31 Å². The fourth-order valence-corrected chi connectivity index (χ4v) is 6.41. The molecule has 2 aromatic rings. The maximum absolute atomic E-state index is 13.4. The van der Waals surface area contributed by atoms with Crippen LogP contribution in [0.4, 0.5) is 5.69 Å². The first-order chi connectivity index (χ1) is 15.8. The lowest BCUT2D eigenvalue weighted by atomic mass is 10.0. The lowest BCUT2D eigenvalue weighted by Crippen LogP contribution is -2.35. The highest BCUT2D eigenvalue weighted by molar-refractivity contribution is 7.89. The van der Waals surface area contributed by atoms with E-state index in [1.54, 1.807) is 17.7 Å². The first-order valence-electron chi connectivity index (χ1n) is 11.5. The van der Waals surface area contributed by atoms with Gasteiger partial charge in [-0.3, -0.25) is 9.59 Å². The van der Waals surface area contributed by atoms with Gasteiger partial charge in [-0.1, -0.05) is 6.42 Å². The Labute approximate surface area is 195 Å². The number of hydrogen-bond donors (Lipinski definition) is 1. The zero-order valence-corrected chi connectivity index (χ0v) is 20.3. The van der Waals surface area contributed by atoms with Crippen molar-refractivity contribution in [2.75, 3.05) is 25.5 Å². The van der Waals surface area contributed by atoms with E-state index in [0.717, 1.165) is 43.4 Å². The van der Waals surface area contributed by atoms with Gasteiger partial charge in [0.2, 0.25) is 10.0 Å². The second-order valence-electron chi connectivity index (χ2n) is 8.76. The first kappa shape index (κ1) is 23.5. The number of piperidine rings is 1. The third-order valence-corrected chi connectivity index (χ3v) is 8.63. The van der Waals surface area contributed by atoms with Gasteiger partial charge in [0, 0.05) is 37.8 Å². The summed E-state index contributed by atoms with van der Waals surface area (Å²) in [6.07, 6.45) is 5.51. The number of aromatic nitrogens is 1. The summed E-state index contributed by atoms with van der Waals surface area (Å²) >= 11 is 0. The smallest absolute Gasteiger partial charge is 0.272 e. The molecular weight excluding hydrogens is 442 g/mol. The molecule has 1 amide bonds. The summed E-state index contributed by atoms with van der Waals surface area (Å²) in [4.78, 5) is 26.2. The Morgan fingerprint density at radius 2 is 1.76 bits per heavy atom. The topological polar surface area (TPSA) is 97.7 Å². The SMILES string of the molecule is COc1ccc(S(=O)(=O)N2CCCCC2)cc1NC(=O)c1c2c(c(C)n1C)C(=O)CCCC2. The van der Waals surface area contributed by atoms with Gasteiger partial charge < -0.3 is 14.6 Å². The normalized spacial score (nSPS) is 17.4. The molecule has 1 N–H and O–H groups in total. The van der Waals surface area contributed by atoms with E-state index >= 15 is 0 Å². The summed E-state index contributed by atoms with van der Waals surface area (Å²) in [5.74, 6) is 0.0539. The Morgan fingerprint density at radius 3 is 2.45 bits per heavy atom. The van der Waals surface area contributed by atoms with Crippen molar-refractivity contribution in [2.45, 2.75) is 56.8 Å². The van der Waals surface area contributed by atoms with E-state index in [-0.39, 0.29) is 22.3 Å². The van der Waals surface area contributed by atoms with E-state index in [9.17, 15) is 18.0 Å². The number of hydrogen-bond acceptors (Lipinski definition) is 5. The van der Waals surface area contributed by atoms with Crippen LogP contribution in [0.15, 0.2) is 23.1 Å². The molecule has 0 saturated carbocycles. The van der Waals surface area contributed by atoms with Gasteiger partial charge in [0.25, 0.3) is 5.91 Å². The predicted molar refractivity (Wildman–Crippen MR) is 126 cm³/mol. The Hall–Kier alpha value is -2.65. The summed E-state index contributed by atoms with van der Waals surface area (Å²) in [6.45, 7) is 2.85. The van der Waals surface area contributed by atoms with Crippen LogP contribution in [-0.2, 0) is 23.5 Å². The number of anilines is 1. The Morgan fingerprint density at radius 1 is 1.06 bits per heavy atom. The van der Waals surface area contributed by atoms with Crippen molar-refractivity contribution in [3.63, 3.8) is 0 Å². The maximum atomic E-state index is 13.4. The number of ether oxygens (including phenoxy) is 1. The van der Waals surface area contributed by atoms with Crippen LogP contribution in [0.3, 0.4) is 0 Å². The van der Waals surface area contributed by atoms with Crippen molar-refractivity contribution in [3.8, 4) is 5.75 Å². The number of amides is 1. The largest absolute Gasteiger partial charge is 0.495 e. The Kier molecular flexibility index (Phi) is 6.63. The molecule has 33 heavy (non-hydrogen) atoms. The number of carbonyl (C=O) groups is 2. The predicted octanol–water partition coefficient (Wildman–Crippen LogP) is 3.68. The average Bonchev–Trinajstić information content (AvgIpc) is 2.93. The van der Waals surface area contributed by atoms with Gasteiger partial charge in [0.05, 0.1) is 17.7 Å². The molecule has 9 heteroatoms. The van der Waals surface area contributed by atoms with E-state index < -0.39 is 10.0 Å². The van der Waals surface area contributed by atoms with Crippen LogP contribution >= 0.6 is 0 Å². The highest BCUT2D eigenvalue weighted by atomic mass is 32.2. The van der Waals surface area contributed by atoms with Gasteiger partial charge in [0.15, 0.2) is 5.78 Å². The summed E-state index contributed by atoms with van der Waals surface area (Å²) in [5, 5.41) is 2.85. The van der Waals surface area contributed by atoms with Crippen LogP contribution < -0.4 is 10.1 Å². The van der Waals surface area contributed by atoms with Crippen LogP contribution in [0, 0.1) is 6.92 Å². The van der Waals surface area contributed by atoms with Crippen molar-refractivity contribution < 1.29 is 22.7 Å². The second kappa shape index (κ2) is 9.30. The molecule has 178 valence electrons. The van der Waals surface area contributed by atoms with Gasteiger partial charge in [-0.15, -0.1) is 0 Å². The summed E-state index contributed by atoms with van der Waals surface area (Å²) in [7, 11) is -0.412. The number of nitrogens with zero attached hydrogens (tertiary/aromatic N) is 2. The number of sulfonamides is 1. The number of rotatable bonds is 5. The molecule has 0 unspecified atom stereocenters. The molecule has 0 radical (unpaired) electrons. The summed E-state index contributed by atoms with van der Waals surface area (Å²) < 4.78 is 34.9. The van der Waals surface area contributed by atoms with E-state index in [2.05, 4.69) is 5.32 Å². The number of nitrogens with one attached hydrogen (secondary N) is 1. The van der Waals surface area contributed by atoms with Crippen molar-refractivity contribution in [1.29, 1.82) is 0 Å². The van der Waals surface area contributed by atoms with E-state index in [0.29, 0.717) is 42.9 Å². The fraction of sp³-hybridized carbons (Fsp3) is 0.500. The third kappa shape index (κ3) is 4.31. The van der Waals surface area contributed by atoms with E-state index in [4.69, 9.17) is 4.74 Å². The van der Waals surface area contributed by atoms with E-state index in [1.165, 1.54) is 23.5 Å². The molecule has 1 fully saturated rings. The molecule has 1 saturated heterocycles. The fourth-order valence-electron chi connectivity index (χ4n) is 4.87. The Bertz CT molecular complexity index is 1190. The number of carbonyl (C=O) groups excluding carboxylic acids is 2. The van der Waals surface area contributed by atoms with Crippen LogP contribution in [0.1, 0.15) is 70.6 Å². The zero-order valence-electron chi connectivity index (χ0n) is 19.4. The van der Waals surface area contributed by atoms with Crippen molar-refractivity contribution in [1.82, 2.24) is 8.87 Å². The monoisotopic (exact) mass is 473 g/mol. The van der Waals surface area contributed by atoms with Crippen LogP contribution in [0.5, 0.6) is 5.75 Å². The maximum Gasteiger partial charge on any atom is 0.272 e. The molecule has 1 aromatic carbocycles. The number of benzene rings is 1. The minimum atomic E-state index is -3.66. The van der Waals surface area contributed by atoms with Crippen molar-refractivity contribution in [3.05, 3.63) is 40.7 Å². The molecule has 0 atom stereocenters. The van der Waals surface area contributed by atoms with Crippen molar-refractivity contribution >= 4 is 27.4 Å². The number of fused-ring (bicyclic) bond motifs is 1. The molecule has 0 bridgehead atoms. The summed E-state index contributed by atoms with van der Waals surface area (Å²) in [5.41, 5.74) is 2.91. The molecular formula is C24H31N3O5S. The van der Waals surface area contributed by atoms with Crippen LogP contribution in [0.25, 0.3) is 0 Å². The number of Topliss-reactive ketones (excluding diaryl/α,β-unsaturated/α-hetero) is 1. The molecule has 4 rings (SSSR count). The molecule has 0 spiro atoms. The van der Waals surface area contributed by atoms with Gasteiger partial charge in [-0.25, -0.2) is 8.42 Å². The Balaban J connectivity index is 1.70. The van der Waals surface area contributed by atoms with Crippen LogP contribution in [0.2, 0.25) is 0 Å². The molecule has 1 aliphatic carbocycles. The first-order valence-corrected chi connectivity index (χ1v) is 12.9. The van der Waals surface area contributed by atoms with E-state index in [1.807, 2.05) is 6.92 Å². The second-order valence-corrected chi connectivity index (χ2v) is 10.7. The zero-order chi connectivity index (χ0) is 23.8. The minimum Gasteiger partial charge on any atom is -0.495 e. The molecule has 2 aliphatic rings. The third-order valence-electron chi connectivity index (χ3n) is 6.73. The quantitative estimate of drug-likeness (QED) is 0.668. The minimum absolute atomic E-state index is 0.0712. The van der Waals surface area contributed by atoms with Crippen LogP contribution in [-0.4, -0.2) is 49.2 Å². The van der Waals surface area contributed by atoms with Crippen molar-refractivity contribution in [2.24, 2.45) is 7.05 Å². The van der Waals surface area contributed by atoms with Gasteiger partial charge >= 0.3 is 0 Å². The molecule has 8 nitrogen and oxygen atoms in total. The molecule has 1 aromatic heterocycles.